The Kier molecular flexibility index (Phi) is 3.00. The fourth-order valence-electron chi connectivity index (χ4n) is 3.98. The predicted octanol–water partition coefficient (Wildman–Crippen LogP) is 3.17. The van der Waals surface area contributed by atoms with E-state index in [-0.39, 0.29) is 11.8 Å². The Morgan fingerprint density at radius 3 is 2.79 bits per heavy atom. The lowest BCUT2D eigenvalue weighted by Gasteiger charge is -2.47. The highest BCUT2D eigenvalue weighted by atomic mass is 16.4. The summed E-state index contributed by atoms with van der Waals surface area (Å²) >= 11 is 0. The number of anilines is 1. The predicted molar refractivity (Wildman–Crippen MR) is 75.7 cm³/mol. The number of hydrogen-bond donors (Lipinski definition) is 1. The van der Waals surface area contributed by atoms with E-state index < -0.39 is 5.97 Å². The minimum absolute atomic E-state index is 0.269. The molecule has 1 N–H and O–H groups in total. The molecule has 1 aromatic rings. The van der Waals surface area contributed by atoms with Gasteiger partial charge in [0.05, 0.1) is 5.92 Å². The third-order valence-electron chi connectivity index (χ3n) is 4.87. The first kappa shape index (κ1) is 12.5. The molecular formula is C16H21NO2. The van der Waals surface area contributed by atoms with Gasteiger partial charge in [-0.1, -0.05) is 30.5 Å². The van der Waals surface area contributed by atoms with E-state index in [2.05, 4.69) is 30.1 Å². The standard InChI is InChI=1S/C16H21NO2/c1-10-7-8-14-12(9-10)15(16(18)19)11-5-3-4-6-13(11)17(14)2/h7-9,11,13,15H,3-6H2,1-2H3,(H,18,19). The van der Waals surface area contributed by atoms with Crippen LogP contribution in [0.1, 0.15) is 42.7 Å². The summed E-state index contributed by atoms with van der Waals surface area (Å²) in [7, 11) is 2.12. The molecule has 3 heteroatoms. The molecule has 19 heavy (non-hydrogen) atoms. The lowest BCUT2D eigenvalue weighted by atomic mass is 9.70. The van der Waals surface area contributed by atoms with Gasteiger partial charge < -0.3 is 10.0 Å². The Hall–Kier alpha value is -1.51. The van der Waals surface area contributed by atoms with Crippen LogP contribution in [0.15, 0.2) is 18.2 Å². The van der Waals surface area contributed by atoms with Crippen molar-refractivity contribution >= 4 is 11.7 Å². The molecule has 1 fully saturated rings. The molecule has 3 rings (SSSR count). The minimum atomic E-state index is -0.656. The van der Waals surface area contributed by atoms with Crippen LogP contribution < -0.4 is 4.90 Å². The average Bonchev–Trinajstić information content (AvgIpc) is 2.38. The van der Waals surface area contributed by atoms with Gasteiger partial charge in [-0.15, -0.1) is 0 Å². The van der Waals surface area contributed by atoms with Crippen LogP contribution in [0.4, 0.5) is 5.69 Å². The Balaban J connectivity index is 2.13. The quantitative estimate of drug-likeness (QED) is 0.842. The largest absolute Gasteiger partial charge is 0.481 e. The number of nitrogens with zero attached hydrogens (tertiary/aromatic N) is 1. The first-order valence-electron chi connectivity index (χ1n) is 7.16. The van der Waals surface area contributed by atoms with E-state index in [0.717, 1.165) is 29.7 Å². The SMILES string of the molecule is Cc1ccc2c(c1)C(C(=O)O)C1CCCCC1N2C. The maximum absolute atomic E-state index is 11.8. The molecule has 102 valence electrons. The maximum Gasteiger partial charge on any atom is 0.311 e. The van der Waals surface area contributed by atoms with E-state index in [9.17, 15) is 9.90 Å². The summed E-state index contributed by atoms with van der Waals surface area (Å²) in [5.74, 6) is -0.709. The molecule has 0 spiro atoms. The van der Waals surface area contributed by atoms with Crippen LogP contribution in [0.25, 0.3) is 0 Å². The number of aryl methyl sites for hydroxylation is 1. The van der Waals surface area contributed by atoms with E-state index in [0.29, 0.717) is 6.04 Å². The summed E-state index contributed by atoms with van der Waals surface area (Å²) in [5.41, 5.74) is 3.27. The summed E-state index contributed by atoms with van der Waals surface area (Å²) < 4.78 is 0. The maximum atomic E-state index is 11.8. The van der Waals surface area contributed by atoms with Crippen LogP contribution in [0, 0.1) is 12.8 Å². The van der Waals surface area contributed by atoms with Crippen molar-refractivity contribution in [1.29, 1.82) is 0 Å². The number of fused-ring (bicyclic) bond motifs is 2. The van der Waals surface area contributed by atoms with E-state index in [1.54, 1.807) is 0 Å². The Morgan fingerprint density at radius 2 is 2.05 bits per heavy atom. The van der Waals surface area contributed by atoms with Gasteiger partial charge in [0.2, 0.25) is 0 Å². The van der Waals surface area contributed by atoms with Crippen LogP contribution in [0.2, 0.25) is 0 Å². The molecular weight excluding hydrogens is 238 g/mol. The van der Waals surface area contributed by atoms with Gasteiger partial charge in [-0.3, -0.25) is 4.79 Å². The summed E-state index contributed by atoms with van der Waals surface area (Å²) in [5, 5.41) is 9.68. The van der Waals surface area contributed by atoms with Crippen molar-refractivity contribution in [3.05, 3.63) is 29.3 Å². The van der Waals surface area contributed by atoms with E-state index in [4.69, 9.17) is 0 Å². The van der Waals surface area contributed by atoms with Gasteiger partial charge in [0.25, 0.3) is 0 Å². The number of carbonyl (C=O) groups is 1. The molecule has 0 bridgehead atoms. The molecule has 0 aromatic heterocycles. The van der Waals surface area contributed by atoms with Crippen LogP contribution in [-0.2, 0) is 4.79 Å². The van der Waals surface area contributed by atoms with Gasteiger partial charge in [-0.05, 0) is 37.3 Å². The number of hydrogen-bond acceptors (Lipinski definition) is 2. The Bertz CT molecular complexity index is 511. The molecule has 3 atom stereocenters. The Morgan fingerprint density at radius 1 is 1.32 bits per heavy atom. The third-order valence-corrected chi connectivity index (χ3v) is 4.87. The van der Waals surface area contributed by atoms with Crippen LogP contribution in [0.3, 0.4) is 0 Å². The molecule has 2 aliphatic rings. The summed E-state index contributed by atoms with van der Waals surface area (Å²) in [6.45, 7) is 2.03. The van der Waals surface area contributed by atoms with Crippen molar-refractivity contribution < 1.29 is 9.90 Å². The van der Waals surface area contributed by atoms with E-state index in [1.807, 2.05) is 6.92 Å². The molecule has 0 amide bonds. The summed E-state index contributed by atoms with van der Waals surface area (Å²) in [4.78, 5) is 14.1. The number of carboxylic acid groups (broad SMARTS) is 1. The van der Waals surface area contributed by atoms with Crippen LogP contribution in [-0.4, -0.2) is 24.2 Å². The topological polar surface area (TPSA) is 40.5 Å². The second kappa shape index (κ2) is 4.55. The smallest absolute Gasteiger partial charge is 0.311 e. The summed E-state index contributed by atoms with van der Waals surface area (Å²) in [6, 6.07) is 6.63. The molecule has 1 heterocycles. The van der Waals surface area contributed by atoms with Crippen molar-refractivity contribution in [2.24, 2.45) is 5.92 Å². The third kappa shape index (κ3) is 1.92. The second-order valence-corrected chi connectivity index (χ2v) is 6.00. The zero-order valence-corrected chi connectivity index (χ0v) is 11.6. The van der Waals surface area contributed by atoms with Crippen molar-refractivity contribution in [2.75, 3.05) is 11.9 Å². The summed E-state index contributed by atoms with van der Waals surface area (Å²) in [6.07, 6.45) is 4.55. The highest BCUT2D eigenvalue weighted by Crippen LogP contribution is 2.47. The monoisotopic (exact) mass is 259 g/mol. The highest BCUT2D eigenvalue weighted by Gasteiger charge is 2.44. The van der Waals surface area contributed by atoms with Gasteiger partial charge in [0, 0.05) is 18.8 Å². The van der Waals surface area contributed by atoms with Crippen LogP contribution in [0.5, 0.6) is 0 Å². The average molecular weight is 259 g/mol. The molecule has 3 unspecified atom stereocenters. The molecule has 0 saturated heterocycles. The van der Waals surface area contributed by atoms with E-state index >= 15 is 0 Å². The minimum Gasteiger partial charge on any atom is -0.481 e. The van der Waals surface area contributed by atoms with Gasteiger partial charge >= 0.3 is 5.97 Å². The fourth-order valence-corrected chi connectivity index (χ4v) is 3.98. The van der Waals surface area contributed by atoms with E-state index in [1.165, 1.54) is 12.8 Å². The molecule has 0 radical (unpaired) electrons. The lowest BCUT2D eigenvalue weighted by Crippen LogP contribution is -2.48. The lowest BCUT2D eigenvalue weighted by molar-refractivity contribution is -0.141. The molecule has 1 saturated carbocycles. The van der Waals surface area contributed by atoms with Gasteiger partial charge in [-0.2, -0.15) is 0 Å². The second-order valence-electron chi connectivity index (χ2n) is 6.00. The van der Waals surface area contributed by atoms with Crippen molar-refractivity contribution in [3.63, 3.8) is 0 Å². The Labute approximate surface area is 114 Å². The molecule has 1 aliphatic carbocycles. The number of benzene rings is 1. The first-order valence-corrected chi connectivity index (χ1v) is 7.16. The van der Waals surface area contributed by atoms with Gasteiger partial charge in [-0.25, -0.2) is 0 Å². The number of rotatable bonds is 1. The van der Waals surface area contributed by atoms with Gasteiger partial charge in [0.1, 0.15) is 0 Å². The fraction of sp³-hybridized carbons (Fsp3) is 0.562. The van der Waals surface area contributed by atoms with Gasteiger partial charge in [0.15, 0.2) is 0 Å². The zero-order chi connectivity index (χ0) is 13.6. The number of carboxylic acids is 1. The normalized spacial score (nSPS) is 29.6. The number of aliphatic carboxylic acids is 1. The van der Waals surface area contributed by atoms with Crippen molar-refractivity contribution in [1.82, 2.24) is 0 Å². The first-order chi connectivity index (χ1) is 9.09. The van der Waals surface area contributed by atoms with Crippen LogP contribution >= 0.6 is 0 Å². The molecule has 1 aliphatic heterocycles. The highest BCUT2D eigenvalue weighted by molar-refractivity contribution is 5.81. The molecule has 1 aromatic carbocycles. The van der Waals surface area contributed by atoms with Crippen molar-refractivity contribution in [2.45, 2.75) is 44.6 Å². The van der Waals surface area contributed by atoms with Crippen molar-refractivity contribution in [3.8, 4) is 0 Å². The zero-order valence-electron chi connectivity index (χ0n) is 11.6. The molecule has 3 nitrogen and oxygen atoms in total.